The molecule has 22 heavy (non-hydrogen) atoms. The van der Waals surface area contributed by atoms with Crippen LogP contribution in [0.5, 0.6) is 0 Å². The number of hydrogen-bond acceptors (Lipinski definition) is 3. The topological polar surface area (TPSA) is 51.2 Å². The monoisotopic (exact) mass is 322 g/mol. The maximum Gasteiger partial charge on any atom is 0.178 e. The van der Waals surface area contributed by atoms with Crippen molar-refractivity contribution in [1.82, 2.24) is 0 Å². The minimum Gasteiger partial charge on any atom is -0.294 e. The Morgan fingerprint density at radius 2 is 1.82 bits per heavy atom. The zero-order valence-electron chi connectivity index (χ0n) is 13.6. The summed E-state index contributed by atoms with van der Waals surface area (Å²) in [5, 5.41) is 0. The molecule has 1 fully saturated rings. The van der Waals surface area contributed by atoms with Crippen LogP contribution in [-0.4, -0.2) is 20.0 Å². The second kappa shape index (κ2) is 7.40. The second-order valence-electron chi connectivity index (χ2n) is 6.49. The first kappa shape index (κ1) is 17.2. The van der Waals surface area contributed by atoms with Gasteiger partial charge in [-0.25, -0.2) is 8.42 Å². The fourth-order valence-electron chi connectivity index (χ4n) is 3.22. The summed E-state index contributed by atoms with van der Waals surface area (Å²) < 4.78 is 25.3. The van der Waals surface area contributed by atoms with Crippen LogP contribution in [0.25, 0.3) is 0 Å². The molecule has 1 aliphatic rings. The lowest BCUT2D eigenvalue weighted by molar-refractivity contribution is 0.0981. The Hall–Kier alpha value is -1.16. The van der Waals surface area contributed by atoms with Crippen molar-refractivity contribution in [2.45, 2.75) is 63.7 Å². The van der Waals surface area contributed by atoms with E-state index in [1.807, 2.05) is 13.8 Å². The number of aryl methyl sites for hydroxylation is 1. The minimum absolute atomic E-state index is 0.0281. The Morgan fingerprint density at radius 1 is 1.14 bits per heavy atom. The molecule has 0 unspecified atom stereocenters. The summed E-state index contributed by atoms with van der Waals surface area (Å²) in [6.07, 6.45) is 6.74. The molecular weight excluding hydrogens is 296 g/mol. The van der Waals surface area contributed by atoms with E-state index in [1.54, 1.807) is 18.2 Å². The summed E-state index contributed by atoms with van der Waals surface area (Å²) in [6, 6.07) is 5.06. The van der Waals surface area contributed by atoms with Crippen molar-refractivity contribution in [3.8, 4) is 0 Å². The number of carbonyl (C=O) groups excluding carboxylic acids is 1. The van der Waals surface area contributed by atoms with Gasteiger partial charge < -0.3 is 0 Å². The van der Waals surface area contributed by atoms with E-state index in [4.69, 9.17) is 0 Å². The lowest BCUT2D eigenvalue weighted by Gasteiger charge is -2.21. The van der Waals surface area contributed by atoms with E-state index in [0.29, 0.717) is 16.9 Å². The van der Waals surface area contributed by atoms with E-state index in [0.717, 1.165) is 37.7 Å². The molecule has 0 amide bonds. The zero-order chi connectivity index (χ0) is 16.2. The van der Waals surface area contributed by atoms with Crippen molar-refractivity contribution >= 4 is 15.6 Å². The highest BCUT2D eigenvalue weighted by molar-refractivity contribution is 7.91. The molecule has 0 spiro atoms. The van der Waals surface area contributed by atoms with Crippen LogP contribution in [0, 0.1) is 12.8 Å². The van der Waals surface area contributed by atoms with E-state index in [9.17, 15) is 13.2 Å². The number of rotatable bonds is 6. The van der Waals surface area contributed by atoms with Gasteiger partial charge in [-0.3, -0.25) is 4.79 Å². The van der Waals surface area contributed by atoms with E-state index < -0.39 is 9.84 Å². The number of benzene rings is 1. The SMILES string of the molecule is CCCC(=O)c1cc(C)cc(S(=O)(=O)CC2CCCCC2)c1. The molecule has 0 bridgehead atoms. The lowest BCUT2D eigenvalue weighted by atomic mass is 9.91. The third-order valence-electron chi connectivity index (χ3n) is 4.39. The summed E-state index contributed by atoms with van der Waals surface area (Å²) in [7, 11) is -3.31. The fourth-order valence-corrected chi connectivity index (χ4v) is 5.04. The highest BCUT2D eigenvalue weighted by Crippen LogP contribution is 2.28. The summed E-state index contributed by atoms with van der Waals surface area (Å²) in [5.74, 6) is 0.520. The molecule has 0 atom stereocenters. The van der Waals surface area contributed by atoms with Gasteiger partial charge in [-0.2, -0.15) is 0 Å². The van der Waals surface area contributed by atoms with Crippen molar-refractivity contribution in [3.05, 3.63) is 29.3 Å². The van der Waals surface area contributed by atoms with Gasteiger partial charge in [0, 0.05) is 12.0 Å². The van der Waals surface area contributed by atoms with Gasteiger partial charge in [0.05, 0.1) is 10.6 Å². The van der Waals surface area contributed by atoms with Crippen LogP contribution in [0.4, 0.5) is 0 Å². The van der Waals surface area contributed by atoms with E-state index in [1.165, 1.54) is 6.42 Å². The van der Waals surface area contributed by atoms with Crippen LogP contribution in [0.3, 0.4) is 0 Å². The van der Waals surface area contributed by atoms with Gasteiger partial charge in [0.1, 0.15) is 0 Å². The largest absolute Gasteiger partial charge is 0.294 e. The maximum absolute atomic E-state index is 12.7. The third kappa shape index (κ3) is 4.42. The summed E-state index contributed by atoms with van der Waals surface area (Å²) >= 11 is 0. The van der Waals surface area contributed by atoms with Gasteiger partial charge >= 0.3 is 0 Å². The van der Waals surface area contributed by atoms with E-state index in [-0.39, 0.29) is 17.5 Å². The molecule has 122 valence electrons. The fraction of sp³-hybridized carbons (Fsp3) is 0.611. The molecular formula is C18H26O3S. The van der Waals surface area contributed by atoms with Gasteiger partial charge in [-0.05, 0) is 55.9 Å². The number of Topliss-reactive ketones (excluding diaryl/α,β-unsaturated/α-hetero) is 1. The number of ketones is 1. The Bertz CT molecular complexity index is 626. The Kier molecular flexibility index (Phi) is 5.79. The van der Waals surface area contributed by atoms with Crippen molar-refractivity contribution in [3.63, 3.8) is 0 Å². The normalized spacial score (nSPS) is 16.6. The van der Waals surface area contributed by atoms with Gasteiger partial charge in [0.25, 0.3) is 0 Å². The molecule has 1 aromatic rings. The molecule has 0 aromatic heterocycles. The first-order valence-corrected chi connectivity index (χ1v) is 9.95. The van der Waals surface area contributed by atoms with Crippen molar-refractivity contribution in [2.75, 3.05) is 5.75 Å². The zero-order valence-corrected chi connectivity index (χ0v) is 14.4. The van der Waals surface area contributed by atoms with Crippen LogP contribution < -0.4 is 0 Å². The van der Waals surface area contributed by atoms with Gasteiger partial charge in [-0.15, -0.1) is 0 Å². The van der Waals surface area contributed by atoms with Crippen LogP contribution in [0.2, 0.25) is 0 Å². The molecule has 1 saturated carbocycles. The maximum atomic E-state index is 12.7. The van der Waals surface area contributed by atoms with Crippen molar-refractivity contribution in [1.29, 1.82) is 0 Å². The molecule has 0 aliphatic heterocycles. The highest BCUT2D eigenvalue weighted by Gasteiger charge is 2.24. The molecule has 2 rings (SSSR count). The van der Waals surface area contributed by atoms with Crippen molar-refractivity contribution < 1.29 is 13.2 Å². The third-order valence-corrected chi connectivity index (χ3v) is 6.25. The van der Waals surface area contributed by atoms with E-state index in [2.05, 4.69) is 0 Å². The van der Waals surface area contributed by atoms with Crippen LogP contribution in [0.1, 0.15) is 67.8 Å². The highest BCUT2D eigenvalue weighted by atomic mass is 32.2. The Balaban J connectivity index is 2.24. The van der Waals surface area contributed by atoms with Gasteiger partial charge in [0.2, 0.25) is 0 Å². The predicted octanol–water partition coefficient (Wildman–Crippen LogP) is 4.33. The number of sulfone groups is 1. The smallest absolute Gasteiger partial charge is 0.178 e. The first-order valence-electron chi connectivity index (χ1n) is 8.30. The molecule has 3 nitrogen and oxygen atoms in total. The lowest BCUT2D eigenvalue weighted by Crippen LogP contribution is -2.19. The molecule has 4 heteroatoms. The van der Waals surface area contributed by atoms with E-state index >= 15 is 0 Å². The molecule has 0 radical (unpaired) electrons. The van der Waals surface area contributed by atoms with Gasteiger partial charge in [-0.1, -0.05) is 26.2 Å². The second-order valence-corrected chi connectivity index (χ2v) is 8.53. The number of hydrogen-bond donors (Lipinski definition) is 0. The average Bonchev–Trinajstić information content (AvgIpc) is 2.47. The Morgan fingerprint density at radius 3 is 2.45 bits per heavy atom. The van der Waals surface area contributed by atoms with Crippen LogP contribution in [-0.2, 0) is 9.84 Å². The molecule has 1 aromatic carbocycles. The summed E-state index contributed by atoms with van der Waals surface area (Å²) in [4.78, 5) is 12.4. The Labute approximate surface area is 134 Å². The summed E-state index contributed by atoms with van der Waals surface area (Å²) in [5.41, 5.74) is 1.37. The predicted molar refractivity (Wildman–Crippen MR) is 89.0 cm³/mol. The molecule has 1 aliphatic carbocycles. The minimum atomic E-state index is -3.31. The molecule has 0 N–H and O–H groups in total. The number of carbonyl (C=O) groups is 1. The molecule has 0 saturated heterocycles. The van der Waals surface area contributed by atoms with Crippen LogP contribution >= 0.6 is 0 Å². The molecule has 0 heterocycles. The quantitative estimate of drug-likeness (QED) is 0.732. The first-order chi connectivity index (χ1) is 10.4. The average molecular weight is 322 g/mol. The van der Waals surface area contributed by atoms with Crippen molar-refractivity contribution in [2.24, 2.45) is 5.92 Å². The standard InChI is InChI=1S/C18H26O3S/c1-3-7-18(19)16-10-14(2)11-17(12-16)22(20,21)13-15-8-5-4-6-9-15/h10-12,15H,3-9,13H2,1-2H3. The van der Waals surface area contributed by atoms with Crippen LogP contribution in [0.15, 0.2) is 23.1 Å². The van der Waals surface area contributed by atoms with Gasteiger partial charge in [0.15, 0.2) is 15.6 Å². The summed E-state index contributed by atoms with van der Waals surface area (Å²) in [6.45, 7) is 3.80.